The van der Waals surface area contributed by atoms with E-state index in [2.05, 4.69) is 39.9 Å². The van der Waals surface area contributed by atoms with Crippen LogP contribution in [0.25, 0.3) is 0 Å². The van der Waals surface area contributed by atoms with Crippen LogP contribution in [0.2, 0.25) is 0 Å². The lowest BCUT2D eigenvalue weighted by atomic mass is 10.1. The average Bonchev–Trinajstić information content (AvgIpc) is 3.00. The van der Waals surface area contributed by atoms with Crippen molar-refractivity contribution in [1.29, 1.82) is 0 Å². The summed E-state index contributed by atoms with van der Waals surface area (Å²) >= 11 is 0. The van der Waals surface area contributed by atoms with Gasteiger partial charge >= 0.3 is 0 Å². The Morgan fingerprint density at radius 1 is 1.29 bits per heavy atom. The zero-order chi connectivity index (χ0) is 14.2. The first-order chi connectivity index (χ1) is 9.83. The van der Waals surface area contributed by atoms with Crippen LogP contribution in [0.3, 0.4) is 0 Å². The lowest BCUT2D eigenvalue weighted by Gasteiger charge is -2.20. The van der Waals surface area contributed by atoms with Gasteiger partial charge in [-0.25, -0.2) is 0 Å². The predicted molar refractivity (Wildman–Crippen MR) is 98.3 cm³/mol. The molecule has 1 atom stereocenters. The molecule has 2 N–H and O–H groups in total. The van der Waals surface area contributed by atoms with Crippen LogP contribution in [0.5, 0.6) is 0 Å². The van der Waals surface area contributed by atoms with E-state index in [0.29, 0.717) is 12.6 Å². The van der Waals surface area contributed by atoms with Crippen molar-refractivity contribution in [1.82, 2.24) is 10.6 Å². The van der Waals surface area contributed by atoms with Gasteiger partial charge in [0.25, 0.3) is 0 Å². The Morgan fingerprint density at radius 2 is 1.95 bits per heavy atom. The highest BCUT2D eigenvalue weighted by Gasteiger charge is 2.14. The van der Waals surface area contributed by atoms with Crippen LogP contribution in [0.15, 0.2) is 47.5 Å². The van der Waals surface area contributed by atoms with Gasteiger partial charge in [-0.3, -0.25) is 4.99 Å². The summed E-state index contributed by atoms with van der Waals surface area (Å²) in [5.41, 5.74) is 1.17. The molecule has 4 nitrogen and oxygen atoms in total. The van der Waals surface area contributed by atoms with E-state index in [1.165, 1.54) is 5.56 Å². The Kier molecular flexibility index (Phi) is 8.37. The molecule has 0 amide bonds. The molecule has 1 aromatic carbocycles. The summed E-state index contributed by atoms with van der Waals surface area (Å²) in [6.07, 6.45) is 6.55. The zero-order valence-electron chi connectivity index (χ0n) is 12.6. The molecule has 0 aliphatic heterocycles. The van der Waals surface area contributed by atoms with Gasteiger partial charge in [0.05, 0.1) is 6.10 Å². The topological polar surface area (TPSA) is 45.7 Å². The van der Waals surface area contributed by atoms with Crippen LogP contribution >= 0.6 is 24.0 Å². The quantitative estimate of drug-likeness (QED) is 0.345. The van der Waals surface area contributed by atoms with E-state index in [1.54, 1.807) is 14.2 Å². The molecule has 116 valence electrons. The number of methoxy groups -OCH3 is 1. The van der Waals surface area contributed by atoms with E-state index < -0.39 is 0 Å². The SMILES string of the molecule is CN=C(NCC(OC)c1ccccc1)NC1CC=CC1.I. The van der Waals surface area contributed by atoms with Crippen molar-refractivity contribution in [2.24, 2.45) is 4.99 Å². The average molecular weight is 401 g/mol. The summed E-state index contributed by atoms with van der Waals surface area (Å²) < 4.78 is 5.54. The number of hydrogen-bond donors (Lipinski definition) is 2. The maximum Gasteiger partial charge on any atom is 0.191 e. The number of guanidine groups is 1. The van der Waals surface area contributed by atoms with Crippen LogP contribution in [0.4, 0.5) is 0 Å². The molecule has 2 rings (SSSR count). The first kappa shape index (κ1) is 18.0. The van der Waals surface area contributed by atoms with E-state index in [-0.39, 0.29) is 30.1 Å². The Morgan fingerprint density at radius 3 is 2.52 bits per heavy atom. The number of aliphatic imine (C=N–C) groups is 1. The summed E-state index contributed by atoms with van der Waals surface area (Å²) in [5.74, 6) is 0.830. The van der Waals surface area contributed by atoms with E-state index in [4.69, 9.17) is 4.74 Å². The third-order valence-electron chi connectivity index (χ3n) is 3.48. The molecule has 0 saturated heterocycles. The Hall–Kier alpha value is -1.08. The fourth-order valence-electron chi connectivity index (χ4n) is 2.32. The van der Waals surface area contributed by atoms with E-state index in [0.717, 1.165) is 18.8 Å². The highest BCUT2D eigenvalue weighted by Crippen LogP contribution is 2.15. The molecule has 0 saturated carbocycles. The molecule has 5 heteroatoms. The second-order valence-corrected chi connectivity index (χ2v) is 4.87. The highest BCUT2D eigenvalue weighted by atomic mass is 127. The van der Waals surface area contributed by atoms with Crippen molar-refractivity contribution in [3.63, 3.8) is 0 Å². The summed E-state index contributed by atoms with van der Waals surface area (Å²) in [7, 11) is 3.53. The van der Waals surface area contributed by atoms with E-state index in [9.17, 15) is 0 Å². The fraction of sp³-hybridized carbons (Fsp3) is 0.438. The number of nitrogens with one attached hydrogen (secondary N) is 2. The van der Waals surface area contributed by atoms with Crippen molar-refractivity contribution in [2.75, 3.05) is 20.7 Å². The predicted octanol–water partition coefficient (Wildman–Crippen LogP) is 2.88. The smallest absolute Gasteiger partial charge is 0.191 e. The molecule has 0 bridgehead atoms. The number of nitrogens with zero attached hydrogens (tertiary/aromatic N) is 1. The van der Waals surface area contributed by atoms with Gasteiger partial charge in [0.15, 0.2) is 5.96 Å². The zero-order valence-corrected chi connectivity index (χ0v) is 14.9. The first-order valence-corrected chi connectivity index (χ1v) is 7.03. The monoisotopic (exact) mass is 401 g/mol. The van der Waals surface area contributed by atoms with Crippen molar-refractivity contribution in [2.45, 2.75) is 25.0 Å². The fourth-order valence-corrected chi connectivity index (χ4v) is 2.32. The first-order valence-electron chi connectivity index (χ1n) is 7.03. The van der Waals surface area contributed by atoms with Gasteiger partial charge < -0.3 is 15.4 Å². The van der Waals surface area contributed by atoms with Gasteiger partial charge in [-0.05, 0) is 18.4 Å². The van der Waals surface area contributed by atoms with E-state index >= 15 is 0 Å². The number of rotatable bonds is 5. The number of benzene rings is 1. The van der Waals surface area contributed by atoms with Crippen molar-refractivity contribution < 1.29 is 4.74 Å². The molecule has 1 aliphatic carbocycles. The lowest BCUT2D eigenvalue weighted by molar-refractivity contribution is 0.106. The maximum absolute atomic E-state index is 5.54. The normalized spacial score (nSPS) is 16.4. The third-order valence-corrected chi connectivity index (χ3v) is 3.48. The molecule has 0 fully saturated rings. The van der Waals surface area contributed by atoms with Gasteiger partial charge in [0, 0.05) is 26.7 Å². The van der Waals surface area contributed by atoms with Crippen LogP contribution in [-0.2, 0) is 4.74 Å². The Balaban J connectivity index is 0.00000220. The minimum atomic E-state index is 0. The largest absolute Gasteiger partial charge is 0.375 e. The van der Waals surface area contributed by atoms with Crippen molar-refractivity contribution in [3.05, 3.63) is 48.0 Å². The van der Waals surface area contributed by atoms with Crippen LogP contribution in [0, 0.1) is 0 Å². The van der Waals surface area contributed by atoms with E-state index in [1.807, 2.05) is 18.2 Å². The second kappa shape index (κ2) is 9.78. The summed E-state index contributed by atoms with van der Waals surface area (Å²) in [6.45, 7) is 0.695. The van der Waals surface area contributed by atoms with Crippen molar-refractivity contribution >= 4 is 29.9 Å². The lowest BCUT2D eigenvalue weighted by Crippen LogP contribution is -2.43. The molecular weight excluding hydrogens is 377 g/mol. The van der Waals surface area contributed by atoms with Crippen LogP contribution in [-0.4, -0.2) is 32.7 Å². The highest BCUT2D eigenvalue weighted by molar-refractivity contribution is 14.0. The molecule has 0 spiro atoms. The van der Waals surface area contributed by atoms with Gasteiger partial charge in [0.2, 0.25) is 0 Å². The molecule has 0 aromatic heterocycles. The Labute approximate surface area is 144 Å². The van der Waals surface area contributed by atoms with Gasteiger partial charge in [0.1, 0.15) is 0 Å². The molecule has 1 aromatic rings. The second-order valence-electron chi connectivity index (χ2n) is 4.87. The Bertz CT molecular complexity index is 454. The maximum atomic E-state index is 5.54. The number of halogens is 1. The standard InChI is InChI=1S/C16H23N3O.HI/c1-17-16(19-14-10-6-7-11-14)18-12-15(20-2)13-8-4-3-5-9-13;/h3-9,14-15H,10-12H2,1-2H3,(H2,17,18,19);1H. The van der Waals surface area contributed by atoms with Crippen LogP contribution in [0.1, 0.15) is 24.5 Å². The van der Waals surface area contributed by atoms with Gasteiger partial charge in [-0.15, -0.1) is 24.0 Å². The minimum Gasteiger partial charge on any atom is -0.375 e. The van der Waals surface area contributed by atoms with Crippen molar-refractivity contribution in [3.8, 4) is 0 Å². The summed E-state index contributed by atoms with van der Waals surface area (Å²) in [4.78, 5) is 4.26. The van der Waals surface area contributed by atoms with Gasteiger partial charge in [-0.2, -0.15) is 0 Å². The summed E-state index contributed by atoms with van der Waals surface area (Å²) in [6, 6.07) is 10.7. The molecular formula is C16H24IN3O. The third kappa shape index (κ3) is 5.67. The molecule has 1 unspecified atom stereocenters. The van der Waals surface area contributed by atoms with Crippen LogP contribution < -0.4 is 10.6 Å². The molecule has 1 aliphatic rings. The minimum absolute atomic E-state index is 0. The summed E-state index contributed by atoms with van der Waals surface area (Å²) in [5, 5.41) is 6.75. The molecule has 0 radical (unpaired) electrons. The van der Waals surface area contributed by atoms with Gasteiger partial charge in [-0.1, -0.05) is 42.5 Å². The number of ether oxygens (including phenoxy) is 1. The molecule has 0 heterocycles. The molecule has 21 heavy (non-hydrogen) atoms. The number of hydrogen-bond acceptors (Lipinski definition) is 2.